The summed E-state index contributed by atoms with van der Waals surface area (Å²) >= 11 is 0. The Kier molecular flexibility index (Phi) is 3.28. The maximum Gasteiger partial charge on any atom is 0.407 e. The van der Waals surface area contributed by atoms with Crippen molar-refractivity contribution in [3.8, 4) is 0 Å². The third-order valence-electron chi connectivity index (χ3n) is 2.83. The molecule has 78 valence electrons. The zero-order valence-corrected chi connectivity index (χ0v) is 8.11. The summed E-state index contributed by atoms with van der Waals surface area (Å²) in [6, 6.07) is 0. The molecule has 0 aromatic carbocycles. The second-order valence-electron chi connectivity index (χ2n) is 3.74. The predicted molar refractivity (Wildman–Crippen MR) is 52.1 cm³/mol. The van der Waals surface area contributed by atoms with Crippen molar-refractivity contribution in [1.82, 2.24) is 4.90 Å². The highest BCUT2D eigenvalue weighted by Crippen LogP contribution is 2.32. The summed E-state index contributed by atoms with van der Waals surface area (Å²) in [6.07, 6.45) is 3.63. The predicted octanol–water partition coefficient (Wildman–Crippen LogP) is 1.52. The molecule has 4 heteroatoms. The molecule has 14 heavy (non-hydrogen) atoms. The zero-order valence-electron chi connectivity index (χ0n) is 8.11. The lowest BCUT2D eigenvalue weighted by Gasteiger charge is -2.36. The number of hydrogen-bond acceptors (Lipinski definition) is 2. The van der Waals surface area contributed by atoms with E-state index in [0.717, 1.165) is 6.29 Å². The Morgan fingerprint density at radius 2 is 2.07 bits per heavy atom. The monoisotopic (exact) mass is 197 g/mol. The average Bonchev–Trinajstić information content (AvgIpc) is 2.19. The summed E-state index contributed by atoms with van der Waals surface area (Å²) < 4.78 is 0. The van der Waals surface area contributed by atoms with E-state index < -0.39 is 6.09 Å². The van der Waals surface area contributed by atoms with Gasteiger partial charge in [-0.05, 0) is 19.3 Å². The fourth-order valence-corrected chi connectivity index (χ4v) is 1.80. The molecule has 0 saturated carbocycles. The topological polar surface area (TPSA) is 57.6 Å². The highest BCUT2D eigenvalue weighted by molar-refractivity contribution is 5.66. The van der Waals surface area contributed by atoms with Gasteiger partial charge in [0.1, 0.15) is 6.29 Å². The quantitative estimate of drug-likeness (QED) is 0.551. The number of allylic oxidation sites excluding steroid dienone is 1. The molecule has 1 N–H and O–H groups in total. The molecule has 0 aromatic rings. The van der Waals surface area contributed by atoms with E-state index in [9.17, 15) is 9.59 Å². The van der Waals surface area contributed by atoms with Gasteiger partial charge in [-0.1, -0.05) is 6.08 Å². The van der Waals surface area contributed by atoms with Crippen molar-refractivity contribution in [2.75, 3.05) is 13.1 Å². The first kappa shape index (κ1) is 10.8. The van der Waals surface area contributed by atoms with Crippen LogP contribution in [-0.2, 0) is 4.79 Å². The molecule has 0 aromatic heterocycles. The van der Waals surface area contributed by atoms with Crippen molar-refractivity contribution in [2.45, 2.75) is 19.3 Å². The summed E-state index contributed by atoms with van der Waals surface area (Å²) in [5.41, 5.74) is -0.367. The smallest absolute Gasteiger partial charge is 0.407 e. The molecule has 1 aliphatic heterocycles. The number of amides is 1. The van der Waals surface area contributed by atoms with Crippen LogP contribution in [0.15, 0.2) is 12.7 Å². The Bertz CT molecular complexity index is 242. The second-order valence-corrected chi connectivity index (χ2v) is 3.74. The first-order valence-corrected chi connectivity index (χ1v) is 4.69. The van der Waals surface area contributed by atoms with E-state index in [1.165, 1.54) is 4.90 Å². The SMILES string of the molecule is C=CCC1(C=O)CCN(C(=O)O)CC1. The average molecular weight is 197 g/mol. The Morgan fingerprint density at radius 3 is 2.43 bits per heavy atom. The van der Waals surface area contributed by atoms with Crippen LogP contribution < -0.4 is 0 Å². The van der Waals surface area contributed by atoms with Crippen molar-refractivity contribution in [3.05, 3.63) is 12.7 Å². The van der Waals surface area contributed by atoms with E-state index in [-0.39, 0.29) is 5.41 Å². The number of carbonyl (C=O) groups is 2. The molecular formula is C10H15NO3. The maximum atomic E-state index is 10.9. The molecule has 0 atom stereocenters. The number of carbonyl (C=O) groups excluding carboxylic acids is 1. The lowest BCUT2D eigenvalue weighted by atomic mass is 9.77. The van der Waals surface area contributed by atoms with Crippen LogP contribution in [0.25, 0.3) is 0 Å². The molecular weight excluding hydrogens is 182 g/mol. The van der Waals surface area contributed by atoms with Gasteiger partial charge in [0.15, 0.2) is 0 Å². The molecule has 1 heterocycles. The van der Waals surface area contributed by atoms with Gasteiger partial charge in [-0.2, -0.15) is 0 Å². The van der Waals surface area contributed by atoms with Crippen LogP contribution in [0.4, 0.5) is 4.79 Å². The Labute approximate surface area is 83.2 Å². The second kappa shape index (κ2) is 4.26. The van der Waals surface area contributed by atoms with Crippen LogP contribution in [0.1, 0.15) is 19.3 Å². The Morgan fingerprint density at radius 1 is 1.50 bits per heavy atom. The maximum absolute atomic E-state index is 10.9. The molecule has 1 amide bonds. The number of aldehydes is 1. The molecule has 0 bridgehead atoms. The number of rotatable bonds is 3. The third-order valence-corrected chi connectivity index (χ3v) is 2.83. The molecule has 1 fully saturated rings. The van der Waals surface area contributed by atoms with E-state index in [1.807, 2.05) is 0 Å². The Balaban J connectivity index is 2.58. The number of piperidine rings is 1. The van der Waals surface area contributed by atoms with Crippen LogP contribution in [0, 0.1) is 5.41 Å². The van der Waals surface area contributed by atoms with Crippen molar-refractivity contribution in [1.29, 1.82) is 0 Å². The van der Waals surface area contributed by atoms with Gasteiger partial charge in [0, 0.05) is 18.5 Å². The summed E-state index contributed by atoms with van der Waals surface area (Å²) in [5, 5.41) is 8.73. The fourth-order valence-electron chi connectivity index (χ4n) is 1.80. The number of hydrogen-bond donors (Lipinski definition) is 1. The highest BCUT2D eigenvalue weighted by atomic mass is 16.4. The van der Waals surface area contributed by atoms with Gasteiger partial charge in [-0.25, -0.2) is 4.79 Å². The summed E-state index contributed by atoms with van der Waals surface area (Å²) in [6.45, 7) is 4.51. The van der Waals surface area contributed by atoms with Crippen LogP contribution in [0.2, 0.25) is 0 Å². The van der Waals surface area contributed by atoms with Crippen LogP contribution in [0.3, 0.4) is 0 Å². The lowest BCUT2D eigenvalue weighted by Crippen LogP contribution is -2.43. The molecule has 1 saturated heterocycles. The molecule has 1 rings (SSSR count). The third kappa shape index (κ3) is 2.13. The summed E-state index contributed by atoms with van der Waals surface area (Å²) in [4.78, 5) is 22.9. The minimum Gasteiger partial charge on any atom is -0.465 e. The highest BCUT2D eigenvalue weighted by Gasteiger charge is 2.34. The molecule has 0 unspecified atom stereocenters. The van der Waals surface area contributed by atoms with Gasteiger partial charge in [0.05, 0.1) is 0 Å². The van der Waals surface area contributed by atoms with Crippen LogP contribution in [0.5, 0.6) is 0 Å². The largest absolute Gasteiger partial charge is 0.465 e. The van der Waals surface area contributed by atoms with Gasteiger partial charge in [-0.15, -0.1) is 6.58 Å². The molecule has 0 radical (unpaired) electrons. The van der Waals surface area contributed by atoms with Gasteiger partial charge in [-0.3, -0.25) is 0 Å². The van der Waals surface area contributed by atoms with E-state index in [1.54, 1.807) is 6.08 Å². The molecule has 1 aliphatic rings. The van der Waals surface area contributed by atoms with Gasteiger partial charge in [0.2, 0.25) is 0 Å². The lowest BCUT2D eigenvalue weighted by molar-refractivity contribution is -0.118. The van der Waals surface area contributed by atoms with E-state index in [0.29, 0.717) is 32.4 Å². The first-order valence-electron chi connectivity index (χ1n) is 4.69. The van der Waals surface area contributed by atoms with Crippen molar-refractivity contribution in [3.63, 3.8) is 0 Å². The van der Waals surface area contributed by atoms with Gasteiger partial charge < -0.3 is 14.8 Å². The minimum atomic E-state index is -0.900. The molecule has 0 aliphatic carbocycles. The first-order chi connectivity index (χ1) is 6.63. The minimum absolute atomic E-state index is 0.367. The standard InChI is InChI=1S/C10H15NO3/c1-2-3-10(8-12)4-6-11(7-5-10)9(13)14/h2,8H,1,3-7H2,(H,13,14). The number of carboxylic acid groups (broad SMARTS) is 1. The fraction of sp³-hybridized carbons (Fsp3) is 0.600. The Hall–Kier alpha value is -1.32. The number of nitrogens with zero attached hydrogens (tertiary/aromatic N) is 1. The molecule has 0 spiro atoms. The van der Waals surface area contributed by atoms with E-state index >= 15 is 0 Å². The number of likely N-dealkylation sites (tertiary alicyclic amines) is 1. The van der Waals surface area contributed by atoms with Crippen LogP contribution in [-0.4, -0.2) is 35.5 Å². The van der Waals surface area contributed by atoms with Crippen LogP contribution >= 0.6 is 0 Å². The van der Waals surface area contributed by atoms with Gasteiger partial charge >= 0.3 is 6.09 Å². The zero-order chi connectivity index (χ0) is 10.6. The van der Waals surface area contributed by atoms with Crippen molar-refractivity contribution >= 4 is 12.4 Å². The summed E-state index contributed by atoms with van der Waals surface area (Å²) in [5.74, 6) is 0. The normalized spacial score (nSPS) is 20.1. The molecule has 4 nitrogen and oxygen atoms in total. The van der Waals surface area contributed by atoms with E-state index in [4.69, 9.17) is 5.11 Å². The van der Waals surface area contributed by atoms with E-state index in [2.05, 4.69) is 6.58 Å². The summed E-state index contributed by atoms with van der Waals surface area (Å²) in [7, 11) is 0. The van der Waals surface area contributed by atoms with Crippen molar-refractivity contribution < 1.29 is 14.7 Å². The van der Waals surface area contributed by atoms with Gasteiger partial charge in [0.25, 0.3) is 0 Å². The van der Waals surface area contributed by atoms with Crippen molar-refractivity contribution in [2.24, 2.45) is 5.41 Å².